The second-order valence-corrected chi connectivity index (χ2v) is 7.66. The molecule has 1 aromatic heterocycles. The Labute approximate surface area is 170 Å². The number of morpholine rings is 1. The van der Waals surface area contributed by atoms with Crippen LogP contribution in [0.4, 0.5) is 11.4 Å². The van der Waals surface area contributed by atoms with Gasteiger partial charge in [0.25, 0.3) is 11.8 Å². The smallest absolute Gasteiger partial charge is 0.262 e. The van der Waals surface area contributed by atoms with Gasteiger partial charge in [0.05, 0.1) is 22.4 Å². The van der Waals surface area contributed by atoms with Gasteiger partial charge >= 0.3 is 0 Å². The number of carbonyl (C=O) groups excluding carboxylic acids is 3. The van der Waals surface area contributed by atoms with Gasteiger partial charge in [-0.25, -0.2) is 0 Å². The van der Waals surface area contributed by atoms with Crippen LogP contribution in [0.2, 0.25) is 4.34 Å². The van der Waals surface area contributed by atoms with Crippen molar-refractivity contribution in [3.63, 3.8) is 0 Å². The minimum atomic E-state index is -1.12. The lowest BCUT2D eigenvalue weighted by atomic mass is 10.2. The van der Waals surface area contributed by atoms with Crippen LogP contribution in [0, 0.1) is 0 Å². The van der Waals surface area contributed by atoms with Crippen LogP contribution >= 0.6 is 22.9 Å². The number of carbonyl (C=O) groups is 3. The van der Waals surface area contributed by atoms with E-state index in [1.807, 2.05) is 0 Å². The van der Waals surface area contributed by atoms with Gasteiger partial charge in [0, 0.05) is 17.9 Å². The highest BCUT2D eigenvalue weighted by Gasteiger charge is 2.23. The van der Waals surface area contributed by atoms with E-state index in [2.05, 4.69) is 10.6 Å². The Hall–Kier alpha value is -2.46. The number of hydrogen-bond donors (Lipinski definition) is 3. The number of hydrogen-bond acceptors (Lipinski definition) is 6. The van der Waals surface area contributed by atoms with Crippen molar-refractivity contribution in [2.45, 2.75) is 6.04 Å². The van der Waals surface area contributed by atoms with Gasteiger partial charge in [-0.15, -0.1) is 11.3 Å². The van der Waals surface area contributed by atoms with Crippen LogP contribution in [0.25, 0.3) is 0 Å². The van der Waals surface area contributed by atoms with E-state index in [4.69, 9.17) is 16.3 Å². The molecule has 0 radical (unpaired) electrons. The molecule has 8 nitrogen and oxygen atoms in total. The fraction of sp³-hybridized carbons (Fsp3) is 0.278. The quantitative estimate of drug-likeness (QED) is 0.652. The van der Waals surface area contributed by atoms with Gasteiger partial charge in [-0.2, -0.15) is 0 Å². The summed E-state index contributed by atoms with van der Waals surface area (Å²) >= 11 is 6.88. The number of nitrogens with one attached hydrogen (secondary N) is 2. The summed E-state index contributed by atoms with van der Waals surface area (Å²) in [5.41, 5.74) is 1.18. The van der Waals surface area contributed by atoms with Gasteiger partial charge < -0.3 is 25.4 Å². The molecule has 3 amide bonds. The van der Waals surface area contributed by atoms with E-state index in [1.54, 1.807) is 41.3 Å². The lowest BCUT2D eigenvalue weighted by molar-refractivity contribution is -0.125. The molecule has 0 bridgehead atoms. The zero-order valence-electron chi connectivity index (χ0n) is 14.7. The van der Waals surface area contributed by atoms with E-state index in [0.717, 1.165) is 11.3 Å². The van der Waals surface area contributed by atoms with Crippen molar-refractivity contribution < 1.29 is 24.2 Å². The SMILES string of the molecule is O=C(NC(CO)C(=O)Nc1ccc(N2CCOCC2=O)cc1)c1ccc(Cl)s1. The number of amides is 3. The molecule has 0 spiro atoms. The molecule has 148 valence electrons. The molecule has 0 aliphatic carbocycles. The Morgan fingerprint density at radius 2 is 2.00 bits per heavy atom. The molecule has 1 aliphatic heterocycles. The first-order valence-electron chi connectivity index (χ1n) is 8.44. The van der Waals surface area contributed by atoms with Crippen LogP contribution in [0.15, 0.2) is 36.4 Å². The van der Waals surface area contributed by atoms with Crippen molar-refractivity contribution in [2.24, 2.45) is 0 Å². The van der Waals surface area contributed by atoms with Crippen molar-refractivity contribution in [2.75, 3.05) is 36.6 Å². The molecule has 1 aromatic carbocycles. The summed E-state index contributed by atoms with van der Waals surface area (Å²) in [5, 5.41) is 14.6. The first kappa shape index (κ1) is 20.3. The molecule has 1 unspecified atom stereocenters. The highest BCUT2D eigenvalue weighted by Crippen LogP contribution is 2.22. The number of aliphatic hydroxyl groups excluding tert-OH is 1. The number of anilines is 2. The van der Waals surface area contributed by atoms with Crippen molar-refractivity contribution in [1.29, 1.82) is 0 Å². The fourth-order valence-electron chi connectivity index (χ4n) is 2.60. The predicted molar refractivity (Wildman–Crippen MR) is 106 cm³/mol. The average molecular weight is 424 g/mol. The average Bonchev–Trinajstić information content (AvgIpc) is 3.13. The molecule has 1 atom stereocenters. The van der Waals surface area contributed by atoms with Crippen molar-refractivity contribution in [3.8, 4) is 0 Å². The Morgan fingerprint density at radius 3 is 2.61 bits per heavy atom. The topological polar surface area (TPSA) is 108 Å². The maximum atomic E-state index is 12.4. The fourth-order valence-corrected chi connectivity index (χ4v) is 3.55. The van der Waals surface area contributed by atoms with Crippen molar-refractivity contribution in [3.05, 3.63) is 45.6 Å². The summed E-state index contributed by atoms with van der Waals surface area (Å²) in [7, 11) is 0. The highest BCUT2D eigenvalue weighted by atomic mass is 35.5. The largest absolute Gasteiger partial charge is 0.394 e. The summed E-state index contributed by atoms with van der Waals surface area (Å²) in [6.07, 6.45) is 0. The minimum absolute atomic E-state index is 0.0474. The molecule has 10 heteroatoms. The molecule has 28 heavy (non-hydrogen) atoms. The molecule has 2 aromatic rings. The highest BCUT2D eigenvalue weighted by molar-refractivity contribution is 7.18. The van der Waals surface area contributed by atoms with Crippen LogP contribution in [0.3, 0.4) is 0 Å². The van der Waals surface area contributed by atoms with Crippen molar-refractivity contribution in [1.82, 2.24) is 5.32 Å². The Balaban J connectivity index is 1.60. The van der Waals surface area contributed by atoms with Gasteiger partial charge in [0.15, 0.2) is 0 Å². The van der Waals surface area contributed by atoms with Crippen LogP contribution in [0.1, 0.15) is 9.67 Å². The van der Waals surface area contributed by atoms with Crippen LogP contribution < -0.4 is 15.5 Å². The number of nitrogens with zero attached hydrogens (tertiary/aromatic N) is 1. The predicted octanol–water partition coefficient (Wildman–Crippen LogP) is 1.49. The number of ether oxygens (including phenoxy) is 1. The standard InChI is InChI=1S/C18H18ClN3O5S/c19-15-6-5-14(28-15)18(26)21-13(9-23)17(25)20-11-1-3-12(4-2-11)22-7-8-27-10-16(22)24/h1-6,13,23H,7-10H2,(H,20,25)(H,21,26). The maximum absolute atomic E-state index is 12.4. The third-order valence-electron chi connectivity index (χ3n) is 4.03. The van der Waals surface area contributed by atoms with Gasteiger partial charge in [0.2, 0.25) is 5.91 Å². The maximum Gasteiger partial charge on any atom is 0.262 e. The number of halogens is 1. The molecule has 1 aliphatic rings. The number of aliphatic hydroxyl groups is 1. The number of rotatable bonds is 6. The van der Waals surface area contributed by atoms with Crippen LogP contribution in [0.5, 0.6) is 0 Å². The molecule has 1 saturated heterocycles. The van der Waals surface area contributed by atoms with Crippen LogP contribution in [-0.2, 0) is 14.3 Å². The zero-order valence-corrected chi connectivity index (χ0v) is 16.3. The van der Waals surface area contributed by atoms with E-state index >= 15 is 0 Å². The molecule has 3 N–H and O–H groups in total. The third-order valence-corrected chi connectivity index (χ3v) is 5.26. The summed E-state index contributed by atoms with van der Waals surface area (Å²) in [4.78, 5) is 38.3. The second kappa shape index (κ2) is 9.16. The summed E-state index contributed by atoms with van der Waals surface area (Å²) in [6.45, 7) is 0.427. The minimum Gasteiger partial charge on any atom is -0.394 e. The van der Waals surface area contributed by atoms with Gasteiger partial charge in [-0.1, -0.05) is 11.6 Å². The molecule has 3 rings (SSSR count). The van der Waals surface area contributed by atoms with E-state index in [9.17, 15) is 19.5 Å². The molecule has 1 fully saturated rings. The number of thiophene rings is 1. The summed E-state index contributed by atoms with van der Waals surface area (Å²) in [5.74, 6) is -1.18. The van der Waals surface area contributed by atoms with E-state index in [0.29, 0.717) is 33.7 Å². The van der Waals surface area contributed by atoms with Gasteiger partial charge in [0.1, 0.15) is 12.6 Å². The summed E-state index contributed by atoms with van der Waals surface area (Å²) < 4.78 is 5.55. The van der Waals surface area contributed by atoms with Gasteiger partial charge in [-0.3, -0.25) is 14.4 Å². The Bertz CT molecular complexity index is 870. The van der Waals surface area contributed by atoms with E-state index in [-0.39, 0.29) is 12.5 Å². The first-order valence-corrected chi connectivity index (χ1v) is 9.63. The normalized spacial score (nSPS) is 15.2. The molecular weight excluding hydrogens is 406 g/mol. The first-order chi connectivity index (χ1) is 13.5. The lowest BCUT2D eigenvalue weighted by Crippen LogP contribution is -2.46. The third kappa shape index (κ3) is 4.87. The molecule has 2 heterocycles. The number of benzene rings is 1. The molecule has 0 saturated carbocycles. The second-order valence-electron chi connectivity index (χ2n) is 5.95. The van der Waals surface area contributed by atoms with E-state index < -0.39 is 24.5 Å². The van der Waals surface area contributed by atoms with Gasteiger partial charge in [-0.05, 0) is 36.4 Å². The van der Waals surface area contributed by atoms with Crippen LogP contribution in [-0.4, -0.2) is 55.2 Å². The monoisotopic (exact) mass is 423 g/mol. The zero-order chi connectivity index (χ0) is 20.1. The Morgan fingerprint density at radius 1 is 1.25 bits per heavy atom. The van der Waals surface area contributed by atoms with E-state index in [1.165, 1.54) is 0 Å². The van der Waals surface area contributed by atoms with Crippen molar-refractivity contribution >= 4 is 52.0 Å². The summed E-state index contributed by atoms with van der Waals surface area (Å²) in [6, 6.07) is 8.71. The Kier molecular flexibility index (Phi) is 6.63. The lowest BCUT2D eigenvalue weighted by Gasteiger charge is -2.27. The molecular formula is C18H18ClN3O5S.